The summed E-state index contributed by atoms with van der Waals surface area (Å²) < 4.78 is 40.1. The van der Waals surface area contributed by atoms with Crippen LogP contribution in [-0.4, -0.2) is 57.5 Å². The van der Waals surface area contributed by atoms with Crippen molar-refractivity contribution >= 4 is 16.8 Å². The number of rotatable bonds is 5. The summed E-state index contributed by atoms with van der Waals surface area (Å²) in [5.41, 5.74) is 3.28. The third kappa shape index (κ3) is 3.87. The number of fused-ring (bicyclic) bond motifs is 2. The number of aromatic amines is 1. The van der Waals surface area contributed by atoms with Gasteiger partial charge in [0.05, 0.1) is 37.1 Å². The maximum Gasteiger partial charge on any atom is 0.254 e. The summed E-state index contributed by atoms with van der Waals surface area (Å²) in [6.07, 6.45) is 4.25. The molecule has 2 N–H and O–H groups in total. The lowest BCUT2D eigenvalue weighted by molar-refractivity contribution is 0.0519. The first-order valence-corrected chi connectivity index (χ1v) is 12.5. The van der Waals surface area contributed by atoms with E-state index in [0.717, 1.165) is 30.0 Å². The monoisotopic (exact) mass is 520 g/mol. The molecular formula is C28H26F2N4O4. The Morgan fingerprint density at radius 2 is 1.74 bits per heavy atom. The number of amides is 1. The third-order valence-electron chi connectivity index (χ3n) is 7.59. The Bertz CT molecular complexity index is 1530. The molecule has 2 aliphatic rings. The molecule has 38 heavy (non-hydrogen) atoms. The molecular weight excluding hydrogens is 494 g/mol. The predicted octanol–water partition coefficient (Wildman–Crippen LogP) is 4.85. The average Bonchev–Trinajstić information content (AvgIpc) is 3.50. The number of pyridine rings is 1. The van der Waals surface area contributed by atoms with Crippen molar-refractivity contribution in [2.24, 2.45) is 0 Å². The SMILES string of the molecule is COc1cc(OC)c(F)c(-c2cc3[nH]nc(-c4ccc5c(c4)CN(C4CCC(O)CC4)C5=O)c3cn2)c1F. The van der Waals surface area contributed by atoms with Gasteiger partial charge < -0.3 is 19.5 Å². The quantitative estimate of drug-likeness (QED) is 0.390. The Balaban J connectivity index is 1.33. The molecule has 8 nitrogen and oxygen atoms in total. The van der Waals surface area contributed by atoms with Crippen LogP contribution in [0.2, 0.25) is 0 Å². The summed E-state index contributed by atoms with van der Waals surface area (Å²) in [5, 5.41) is 17.9. The number of halogens is 2. The van der Waals surface area contributed by atoms with Crippen molar-refractivity contribution in [2.45, 2.75) is 44.4 Å². The van der Waals surface area contributed by atoms with Gasteiger partial charge in [0.15, 0.2) is 23.1 Å². The highest BCUT2D eigenvalue weighted by atomic mass is 19.1. The van der Waals surface area contributed by atoms with Crippen LogP contribution in [-0.2, 0) is 6.54 Å². The van der Waals surface area contributed by atoms with Gasteiger partial charge in [-0.15, -0.1) is 0 Å². The van der Waals surface area contributed by atoms with Crippen LogP contribution in [0.5, 0.6) is 11.5 Å². The number of ether oxygens (including phenoxy) is 2. The lowest BCUT2D eigenvalue weighted by atomic mass is 9.92. The van der Waals surface area contributed by atoms with Gasteiger partial charge in [0.25, 0.3) is 5.91 Å². The van der Waals surface area contributed by atoms with Crippen molar-refractivity contribution in [2.75, 3.05) is 14.2 Å². The van der Waals surface area contributed by atoms with Gasteiger partial charge in [0.2, 0.25) is 0 Å². The van der Waals surface area contributed by atoms with Gasteiger partial charge in [0.1, 0.15) is 5.69 Å². The van der Waals surface area contributed by atoms with Crippen LogP contribution >= 0.6 is 0 Å². The molecule has 1 aliphatic carbocycles. The molecule has 196 valence electrons. The molecule has 1 amide bonds. The molecule has 0 bridgehead atoms. The maximum atomic E-state index is 15.0. The first kappa shape index (κ1) is 24.3. The van der Waals surface area contributed by atoms with Gasteiger partial charge in [-0.05, 0) is 49.4 Å². The Labute approximate surface area is 217 Å². The van der Waals surface area contributed by atoms with Crippen LogP contribution in [0.1, 0.15) is 41.6 Å². The first-order chi connectivity index (χ1) is 18.4. The number of carbonyl (C=O) groups excluding carboxylic acids is 1. The average molecular weight is 521 g/mol. The second-order valence-electron chi connectivity index (χ2n) is 9.74. The minimum Gasteiger partial charge on any atom is -0.494 e. The Hall–Kier alpha value is -4.05. The molecule has 10 heteroatoms. The van der Waals surface area contributed by atoms with E-state index in [1.165, 1.54) is 26.5 Å². The third-order valence-corrected chi connectivity index (χ3v) is 7.59. The van der Waals surface area contributed by atoms with E-state index in [1.807, 2.05) is 23.1 Å². The second kappa shape index (κ2) is 9.36. The van der Waals surface area contributed by atoms with E-state index in [2.05, 4.69) is 15.2 Å². The predicted molar refractivity (Wildman–Crippen MR) is 136 cm³/mol. The van der Waals surface area contributed by atoms with E-state index in [-0.39, 0.29) is 40.8 Å². The van der Waals surface area contributed by atoms with Crippen LogP contribution in [0.4, 0.5) is 8.78 Å². The van der Waals surface area contributed by atoms with Crippen molar-refractivity contribution in [1.29, 1.82) is 0 Å². The molecule has 0 radical (unpaired) electrons. The Morgan fingerprint density at radius 1 is 1.03 bits per heavy atom. The van der Waals surface area contributed by atoms with Crippen molar-refractivity contribution in [3.8, 4) is 34.0 Å². The zero-order chi connectivity index (χ0) is 26.6. The summed E-state index contributed by atoms with van der Waals surface area (Å²) in [5.74, 6) is -2.05. The van der Waals surface area contributed by atoms with E-state index in [1.54, 1.807) is 0 Å². The number of H-pyrrole nitrogens is 1. The molecule has 0 spiro atoms. The van der Waals surface area contributed by atoms with Crippen molar-refractivity contribution in [3.63, 3.8) is 0 Å². The number of nitrogens with zero attached hydrogens (tertiary/aromatic N) is 3. The zero-order valence-electron chi connectivity index (χ0n) is 20.9. The Kier molecular flexibility index (Phi) is 5.98. The fourth-order valence-electron chi connectivity index (χ4n) is 5.54. The lowest BCUT2D eigenvalue weighted by Gasteiger charge is -2.32. The van der Waals surface area contributed by atoms with E-state index in [0.29, 0.717) is 41.5 Å². The van der Waals surface area contributed by atoms with Gasteiger partial charge in [-0.3, -0.25) is 14.9 Å². The van der Waals surface area contributed by atoms with Crippen LogP contribution in [0.15, 0.2) is 36.5 Å². The van der Waals surface area contributed by atoms with Gasteiger partial charge in [-0.2, -0.15) is 5.10 Å². The summed E-state index contributed by atoms with van der Waals surface area (Å²) in [7, 11) is 2.58. The largest absolute Gasteiger partial charge is 0.494 e. The highest BCUT2D eigenvalue weighted by Crippen LogP contribution is 2.39. The van der Waals surface area contributed by atoms with Gasteiger partial charge in [-0.25, -0.2) is 8.78 Å². The first-order valence-electron chi connectivity index (χ1n) is 12.5. The molecule has 2 aromatic heterocycles. The zero-order valence-corrected chi connectivity index (χ0v) is 20.9. The van der Waals surface area contributed by atoms with E-state index < -0.39 is 11.6 Å². The molecule has 0 saturated heterocycles. The summed E-state index contributed by atoms with van der Waals surface area (Å²) in [4.78, 5) is 19.3. The van der Waals surface area contributed by atoms with Crippen molar-refractivity contribution in [3.05, 3.63) is 59.3 Å². The molecule has 3 heterocycles. The molecule has 0 atom stereocenters. The smallest absolute Gasteiger partial charge is 0.254 e. The Morgan fingerprint density at radius 3 is 2.42 bits per heavy atom. The summed E-state index contributed by atoms with van der Waals surface area (Å²) in [6.45, 7) is 0.518. The molecule has 4 aromatic rings. The van der Waals surface area contributed by atoms with Crippen molar-refractivity contribution < 1.29 is 28.2 Å². The van der Waals surface area contributed by atoms with Gasteiger partial charge >= 0.3 is 0 Å². The van der Waals surface area contributed by atoms with E-state index >= 15 is 8.78 Å². The van der Waals surface area contributed by atoms with E-state index in [4.69, 9.17) is 9.47 Å². The van der Waals surface area contributed by atoms with Crippen LogP contribution in [0.25, 0.3) is 33.4 Å². The number of aromatic nitrogens is 3. The molecule has 2 aromatic carbocycles. The minimum atomic E-state index is -0.877. The lowest BCUT2D eigenvalue weighted by Crippen LogP contribution is -2.39. The number of hydrogen-bond donors (Lipinski definition) is 2. The number of methoxy groups -OCH3 is 2. The van der Waals surface area contributed by atoms with Crippen LogP contribution in [0.3, 0.4) is 0 Å². The summed E-state index contributed by atoms with van der Waals surface area (Å²) in [6, 6.07) is 8.44. The van der Waals surface area contributed by atoms with Gasteiger partial charge in [0, 0.05) is 41.4 Å². The number of carbonyl (C=O) groups is 1. The van der Waals surface area contributed by atoms with Gasteiger partial charge in [-0.1, -0.05) is 6.07 Å². The fourth-order valence-corrected chi connectivity index (χ4v) is 5.54. The normalized spacial score (nSPS) is 19.2. The molecule has 1 fully saturated rings. The number of hydrogen-bond acceptors (Lipinski definition) is 6. The minimum absolute atomic E-state index is 0.0175. The highest BCUT2D eigenvalue weighted by molar-refractivity contribution is 6.00. The summed E-state index contributed by atoms with van der Waals surface area (Å²) >= 11 is 0. The topological polar surface area (TPSA) is 101 Å². The number of nitrogens with one attached hydrogen (secondary N) is 1. The molecule has 1 saturated carbocycles. The maximum absolute atomic E-state index is 15.0. The number of aliphatic hydroxyl groups is 1. The van der Waals surface area contributed by atoms with E-state index in [9.17, 15) is 9.90 Å². The molecule has 6 rings (SSSR count). The molecule has 0 unspecified atom stereocenters. The van der Waals surface area contributed by atoms with Crippen molar-refractivity contribution in [1.82, 2.24) is 20.1 Å². The fraction of sp³-hybridized carbons (Fsp3) is 0.321. The standard InChI is InChI=1S/C28H26F2N4O4/c1-37-22-11-23(38-2)26(30)24(25(22)29)21-10-20-19(12-31-21)27(33-32-20)14-3-8-18-15(9-14)13-34(28(18)36)16-4-6-17(35)7-5-16/h3,8-12,16-17,35H,4-7,13H2,1-2H3,(H,32,33). The second-order valence-corrected chi connectivity index (χ2v) is 9.74. The number of aliphatic hydroxyl groups excluding tert-OH is 1. The highest BCUT2D eigenvalue weighted by Gasteiger charge is 2.35. The molecule has 1 aliphatic heterocycles. The van der Waals surface area contributed by atoms with Crippen LogP contribution < -0.4 is 9.47 Å². The van der Waals surface area contributed by atoms with Crippen LogP contribution in [0, 0.1) is 11.6 Å². The number of benzene rings is 2.